The monoisotopic (exact) mass is 232 g/mol. The molecule has 0 saturated carbocycles. The molecular weight excluding hydrogens is 208 g/mol. The van der Waals surface area contributed by atoms with Crippen LogP contribution in [0.2, 0.25) is 0 Å². The summed E-state index contributed by atoms with van der Waals surface area (Å²) in [6, 6.07) is 0. The molecule has 0 aromatic carbocycles. The van der Waals surface area contributed by atoms with Crippen molar-refractivity contribution in [2.24, 2.45) is 10.2 Å². The van der Waals surface area contributed by atoms with Crippen LogP contribution in [0.25, 0.3) is 0 Å². The molecule has 0 bridgehead atoms. The molecule has 96 valence electrons. The molecule has 16 heavy (non-hydrogen) atoms. The molecule has 4 N–H and O–H groups in total. The second kappa shape index (κ2) is 6.90. The number of aliphatic hydroxyl groups is 2. The maximum absolute atomic E-state index is 8.70. The maximum atomic E-state index is 8.70. The highest BCUT2D eigenvalue weighted by Crippen LogP contribution is 2.10. The first-order valence-corrected chi connectivity index (χ1v) is 5.49. The van der Waals surface area contributed by atoms with Crippen molar-refractivity contribution in [3.8, 4) is 0 Å². The first kappa shape index (κ1) is 15.4. The molecule has 0 unspecified atom stereocenters. The number of azo groups is 1. The number of nitrogens with zero attached hydrogens (tertiary/aromatic N) is 2. The van der Waals surface area contributed by atoms with Gasteiger partial charge in [0.25, 0.3) is 0 Å². The van der Waals surface area contributed by atoms with E-state index in [2.05, 4.69) is 20.9 Å². The van der Waals surface area contributed by atoms with Crippen molar-refractivity contribution >= 4 is 0 Å². The highest BCUT2D eigenvalue weighted by molar-refractivity contribution is 4.77. The zero-order valence-corrected chi connectivity index (χ0v) is 10.6. The minimum Gasteiger partial charge on any atom is -0.395 e. The summed E-state index contributed by atoms with van der Waals surface area (Å²) >= 11 is 0. The van der Waals surface area contributed by atoms with E-state index in [9.17, 15) is 0 Å². The van der Waals surface area contributed by atoms with E-state index >= 15 is 0 Å². The van der Waals surface area contributed by atoms with Gasteiger partial charge in [-0.05, 0) is 27.7 Å². The largest absolute Gasteiger partial charge is 0.395 e. The van der Waals surface area contributed by atoms with Crippen molar-refractivity contribution in [2.45, 2.75) is 39.0 Å². The molecule has 6 nitrogen and oxygen atoms in total. The van der Waals surface area contributed by atoms with E-state index in [0.717, 1.165) is 0 Å². The van der Waals surface area contributed by atoms with E-state index in [1.54, 1.807) is 0 Å². The molecular formula is C10H24N4O2. The average Bonchev–Trinajstić information content (AvgIpc) is 2.22. The topological polar surface area (TPSA) is 89.2 Å². The fourth-order valence-corrected chi connectivity index (χ4v) is 1.04. The molecule has 0 saturated heterocycles. The Balaban J connectivity index is 4.21. The minimum atomic E-state index is -0.499. The normalized spacial score (nSPS) is 13.6. The van der Waals surface area contributed by atoms with Crippen LogP contribution in [0, 0.1) is 0 Å². The smallest absolute Gasteiger partial charge is 0.126 e. The van der Waals surface area contributed by atoms with Crippen LogP contribution < -0.4 is 10.6 Å². The summed E-state index contributed by atoms with van der Waals surface area (Å²) in [6.07, 6.45) is 0. The fourth-order valence-electron chi connectivity index (χ4n) is 1.04. The fraction of sp³-hybridized carbons (Fsp3) is 1.00. The van der Waals surface area contributed by atoms with E-state index in [0.29, 0.717) is 13.1 Å². The molecule has 0 radical (unpaired) electrons. The molecule has 0 amide bonds. The van der Waals surface area contributed by atoms with Gasteiger partial charge < -0.3 is 10.2 Å². The number of aliphatic hydroxyl groups excluding tert-OH is 2. The predicted octanol–water partition coefficient (Wildman–Crippen LogP) is 0.0746. The van der Waals surface area contributed by atoms with Crippen LogP contribution in [0.5, 0.6) is 0 Å². The lowest BCUT2D eigenvalue weighted by molar-refractivity contribution is 0.249. The molecule has 0 spiro atoms. The predicted molar refractivity (Wildman–Crippen MR) is 63.2 cm³/mol. The third-order valence-corrected chi connectivity index (χ3v) is 1.89. The Morgan fingerprint density at radius 1 is 0.812 bits per heavy atom. The summed E-state index contributed by atoms with van der Waals surface area (Å²) in [5.41, 5.74) is -0.998. The minimum absolute atomic E-state index is 0.0745. The standard InChI is InChI=1S/C10H24N4O2/c1-9(2,11-5-7-15)13-14-10(3,4)12-6-8-16/h11-12,15-16H,5-8H2,1-4H3. The van der Waals surface area contributed by atoms with Crippen molar-refractivity contribution in [3.63, 3.8) is 0 Å². The zero-order chi connectivity index (χ0) is 12.7. The van der Waals surface area contributed by atoms with Gasteiger partial charge in [0.05, 0.1) is 13.2 Å². The summed E-state index contributed by atoms with van der Waals surface area (Å²) in [5.74, 6) is 0. The van der Waals surface area contributed by atoms with Crippen LogP contribution in [0.15, 0.2) is 10.2 Å². The molecule has 0 rings (SSSR count). The quantitative estimate of drug-likeness (QED) is 0.446. The number of hydrogen-bond donors (Lipinski definition) is 4. The van der Waals surface area contributed by atoms with E-state index in [1.165, 1.54) is 0 Å². The molecule has 0 atom stereocenters. The van der Waals surface area contributed by atoms with Crippen molar-refractivity contribution < 1.29 is 10.2 Å². The van der Waals surface area contributed by atoms with Crippen LogP contribution in [0.1, 0.15) is 27.7 Å². The second-order valence-electron chi connectivity index (χ2n) is 4.62. The Bertz CT molecular complexity index is 195. The molecule has 0 aromatic rings. The highest BCUT2D eigenvalue weighted by atomic mass is 16.3. The lowest BCUT2D eigenvalue weighted by Crippen LogP contribution is -2.42. The van der Waals surface area contributed by atoms with Gasteiger partial charge in [0.15, 0.2) is 0 Å². The number of rotatable bonds is 8. The van der Waals surface area contributed by atoms with Gasteiger partial charge in [0, 0.05) is 13.1 Å². The summed E-state index contributed by atoms with van der Waals surface area (Å²) in [6.45, 7) is 8.65. The molecule has 0 fully saturated rings. The van der Waals surface area contributed by atoms with E-state index in [-0.39, 0.29) is 13.2 Å². The Kier molecular flexibility index (Phi) is 6.66. The zero-order valence-electron chi connectivity index (χ0n) is 10.6. The lowest BCUT2D eigenvalue weighted by atomic mass is 10.2. The molecule has 0 aromatic heterocycles. The molecule has 0 heterocycles. The van der Waals surface area contributed by atoms with Crippen molar-refractivity contribution in [3.05, 3.63) is 0 Å². The maximum Gasteiger partial charge on any atom is 0.126 e. The Hall–Kier alpha value is -0.560. The van der Waals surface area contributed by atoms with Crippen LogP contribution >= 0.6 is 0 Å². The Morgan fingerprint density at radius 2 is 1.12 bits per heavy atom. The highest BCUT2D eigenvalue weighted by Gasteiger charge is 2.19. The van der Waals surface area contributed by atoms with Gasteiger partial charge in [-0.25, -0.2) is 0 Å². The summed E-state index contributed by atoms with van der Waals surface area (Å²) in [7, 11) is 0. The third-order valence-electron chi connectivity index (χ3n) is 1.89. The van der Waals surface area contributed by atoms with Gasteiger partial charge in [0.2, 0.25) is 0 Å². The molecule has 0 aliphatic rings. The van der Waals surface area contributed by atoms with Gasteiger partial charge in [-0.15, -0.1) is 0 Å². The van der Waals surface area contributed by atoms with Crippen molar-refractivity contribution in [2.75, 3.05) is 26.3 Å². The van der Waals surface area contributed by atoms with Crippen LogP contribution in [0.3, 0.4) is 0 Å². The van der Waals surface area contributed by atoms with Crippen LogP contribution in [-0.4, -0.2) is 47.8 Å². The second-order valence-corrected chi connectivity index (χ2v) is 4.62. The first-order chi connectivity index (χ1) is 7.33. The molecule has 6 heteroatoms. The lowest BCUT2D eigenvalue weighted by Gasteiger charge is -2.24. The summed E-state index contributed by atoms with van der Waals surface area (Å²) < 4.78 is 0. The van der Waals surface area contributed by atoms with E-state index in [4.69, 9.17) is 10.2 Å². The summed E-state index contributed by atoms with van der Waals surface area (Å²) in [4.78, 5) is 0. The SMILES string of the molecule is CC(C)(N=NC(C)(C)NCCO)NCCO. The van der Waals surface area contributed by atoms with Gasteiger partial charge in [-0.3, -0.25) is 10.6 Å². The van der Waals surface area contributed by atoms with Crippen LogP contribution in [-0.2, 0) is 0 Å². The molecule has 0 aliphatic heterocycles. The van der Waals surface area contributed by atoms with Gasteiger partial charge in [-0.2, -0.15) is 10.2 Å². The number of hydrogen-bond acceptors (Lipinski definition) is 6. The summed E-state index contributed by atoms with van der Waals surface area (Å²) in [5, 5.41) is 31.9. The first-order valence-electron chi connectivity index (χ1n) is 5.49. The van der Waals surface area contributed by atoms with Gasteiger partial charge in [-0.1, -0.05) is 0 Å². The van der Waals surface area contributed by atoms with Gasteiger partial charge in [0.1, 0.15) is 11.3 Å². The van der Waals surface area contributed by atoms with Crippen molar-refractivity contribution in [1.29, 1.82) is 0 Å². The van der Waals surface area contributed by atoms with E-state index < -0.39 is 11.3 Å². The Labute approximate surface area is 97.2 Å². The van der Waals surface area contributed by atoms with Gasteiger partial charge >= 0.3 is 0 Å². The van der Waals surface area contributed by atoms with Crippen LogP contribution in [0.4, 0.5) is 0 Å². The number of nitrogens with one attached hydrogen (secondary N) is 2. The average molecular weight is 232 g/mol. The van der Waals surface area contributed by atoms with Crippen molar-refractivity contribution in [1.82, 2.24) is 10.6 Å². The molecule has 0 aliphatic carbocycles. The Morgan fingerprint density at radius 3 is 1.38 bits per heavy atom. The van der Waals surface area contributed by atoms with E-state index in [1.807, 2.05) is 27.7 Å². The third kappa shape index (κ3) is 7.70.